The molecule has 1 aliphatic carbocycles. The molecule has 1 aromatic heterocycles. The number of nitrogens with zero attached hydrogens (tertiary/aromatic N) is 1. The van der Waals surface area contributed by atoms with Crippen LogP contribution in [0.3, 0.4) is 0 Å². The molecule has 0 amide bonds. The highest BCUT2D eigenvalue weighted by molar-refractivity contribution is 7.26. The van der Waals surface area contributed by atoms with E-state index < -0.39 is 0 Å². The summed E-state index contributed by atoms with van der Waals surface area (Å²) in [5.41, 5.74) is 18.0. The highest BCUT2D eigenvalue weighted by Gasteiger charge is 2.36. The first-order valence-electron chi connectivity index (χ1n) is 20.3. The lowest BCUT2D eigenvalue weighted by atomic mass is 9.74. The lowest BCUT2D eigenvalue weighted by molar-refractivity contribution is 0.414. The SMILES string of the molecule is C=CC1=C(C)C(C)(C)c2cc(N(c3ccc(-c4ccc5c(c4)C(C)(C)c4ccc(C)c(C)c4O5)cc3)c3ccc(-c4cccc5c4sc4ccccc45)cc3)ccc21. The lowest BCUT2D eigenvalue weighted by Crippen LogP contribution is -2.25. The minimum atomic E-state index is -0.192. The van der Waals surface area contributed by atoms with Gasteiger partial charge in [0.2, 0.25) is 0 Å². The minimum absolute atomic E-state index is 0.0981. The van der Waals surface area contributed by atoms with Crippen LogP contribution in [-0.4, -0.2) is 0 Å². The molecule has 0 bridgehead atoms. The van der Waals surface area contributed by atoms with Crippen LogP contribution < -0.4 is 9.64 Å². The van der Waals surface area contributed by atoms with Gasteiger partial charge in [-0.05, 0) is 125 Å². The molecule has 284 valence electrons. The minimum Gasteiger partial charge on any atom is -0.456 e. The molecule has 0 unspecified atom stereocenters. The van der Waals surface area contributed by atoms with Gasteiger partial charge in [0.15, 0.2) is 0 Å². The van der Waals surface area contributed by atoms with Crippen molar-refractivity contribution in [2.24, 2.45) is 0 Å². The first-order chi connectivity index (χ1) is 27.9. The zero-order valence-corrected chi connectivity index (χ0v) is 35.1. The van der Waals surface area contributed by atoms with E-state index in [9.17, 15) is 0 Å². The summed E-state index contributed by atoms with van der Waals surface area (Å²) < 4.78 is 9.24. The van der Waals surface area contributed by atoms with Gasteiger partial charge in [0.1, 0.15) is 11.5 Å². The van der Waals surface area contributed by atoms with E-state index in [1.54, 1.807) is 0 Å². The molecule has 0 fully saturated rings. The quantitative estimate of drug-likeness (QED) is 0.167. The molecule has 0 spiro atoms. The Kier molecular flexibility index (Phi) is 8.23. The third-order valence-electron chi connectivity index (χ3n) is 13.3. The summed E-state index contributed by atoms with van der Waals surface area (Å²) in [6.45, 7) is 20.0. The molecule has 3 heteroatoms. The maximum absolute atomic E-state index is 6.59. The summed E-state index contributed by atoms with van der Waals surface area (Å²) in [7, 11) is 0. The number of allylic oxidation sites excluding steroid dienone is 3. The van der Waals surface area contributed by atoms with Gasteiger partial charge in [0.05, 0.1) is 0 Å². The van der Waals surface area contributed by atoms with Crippen LogP contribution in [0.2, 0.25) is 0 Å². The number of aryl methyl sites for hydroxylation is 1. The topological polar surface area (TPSA) is 12.5 Å². The van der Waals surface area contributed by atoms with Crippen LogP contribution in [0, 0.1) is 13.8 Å². The van der Waals surface area contributed by atoms with Crippen LogP contribution in [0.4, 0.5) is 17.1 Å². The van der Waals surface area contributed by atoms with Crippen molar-refractivity contribution >= 4 is 54.1 Å². The zero-order valence-electron chi connectivity index (χ0n) is 34.3. The van der Waals surface area contributed by atoms with Gasteiger partial charge < -0.3 is 9.64 Å². The van der Waals surface area contributed by atoms with E-state index in [1.807, 2.05) is 17.4 Å². The molecular weight excluding hydrogens is 723 g/mol. The molecule has 0 N–H and O–H groups in total. The number of anilines is 3. The highest BCUT2D eigenvalue weighted by atomic mass is 32.1. The highest BCUT2D eigenvalue weighted by Crippen LogP contribution is 2.52. The number of hydrogen-bond acceptors (Lipinski definition) is 3. The smallest absolute Gasteiger partial charge is 0.134 e. The fraction of sp³-hybridized carbons (Fsp3) is 0.164. The van der Waals surface area contributed by atoms with Crippen molar-refractivity contribution in [3.8, 4) is 33.8 Å². The second-order valence-corrected chi connectivity index (χ2v) is 18.2. The Bertz CT molecular complexity index is 3010. The number of thiophene rings is 1. The van der Waals surface area contributed by atoms with E-state index in [4.69, 9.17) is 4.74 Å². The van der Waals surface area contributed by atoms with E-state index in [2.05, 4.69) is 199 Å². The fourth-order valence-corrected chi connectivity index (χ4v) is 10.6. The van der Waals surface area contributed by atoms with Crippen molar-refractivity contribution in [2.45, 2.75) is 59.3 Å². The number of benzene rings is 7. The molecule has 58 heavy (non-hydrogen) atoms. The van der Waals surface area contributed by atoms with Gasteiger partial charge in [-0.1, -0.05) is 131 Å². The van der Waals surface area contributed by atoms with Crippen LogP contribution >= 0.6 is 11.3 Å². The predicted octanol–water partition coefficient (Wildman–Crippen LogP) is 16.2. The summed E-state index contributed by atoms with van der Waals surface area (Å²) in [4.78, 5) is 2.40. The average Bonchev–Trinajstić information content (AvgIpc) is 3.71. The second-order valence-electron chi connectivity index (χ2n) is 17.1. The first kappa shape index (κ1) is 36.2. The number of ether oxygens (including phenoxy) is 1. The standard InChI is InChI=1S/C55H47NOS/c1-9-42-35(4)54(5,6)48-32-41(27-28-44(42)48)56(40-25-20-37(21-26-40)43-14-12-15-46-45-13-10-11-16-51(45)58-53(43)46)39-23-18-36(19-24-39)38-22-30-50-49(31-38)55(7,8)47-29-17-33(2)34(3)52(47)57-50/h9-32H,1H2,2-8H3. The third-order valence-corrected chi connectivity index (χ3v) is 14.5. The molecule has 7 aromatic carbocycles. The van der Waals surface area contributed by atoms with E-state index in [0.29, 0.717) is 0 Å². The molecule has 0 saturated carbocycles. The summed E-state index contributed by atoms with van der Waals surface area (Å²) in [6.07, 6.45) is 2.02. The Hall–Kier alpha value is -6.16. The molecule has 2 aliphatic rings. The molecular formula is C55H47NOS. The van der Waals surface area contributed by atoms with Crippen LogP contribution in [0.15, 0.2) is 158 Å². The molecule has 2 heterocycles. The molecule has 2 nitrogen and oxygen atoms in total. The summed E-state index contributed by atoms with van der Waals surface area (Å²) in [5, 5.41) is 2.64. The molecule has 0 atom stereocenters. The van der Waals surface area contributed by atoms with Crippen LogP contribution in [0.25, 0.3) is 48.0 Å². The van der Waals surface area contributed by atoms with Crippen LogP contribution in [-0.2, 0) is 10.8 Å². The van der Waals surface area contributed by atoms with Crippen molar-refractivity contribution in [2.75, 3.05) is 4.90 Å². The number of hydrogen-bond donors (Lipinski definition) is 0. The molecule has 10 rings (SSSR count). The Morgan fingerprint density at radius 2 is 1.24 bits per heavy atom. The normalized spacial score (nSPS) is 14.9. The van der Waals surface area contributed by atoms with E-state index in [-0.39, 0.29) is 10.8 Å². The van der Waals surface area contributed by atoms with Gasteiger partial charge in [-0.25, -0.2) is 0 Å². The van der Waals surface area contributed by atoms with E-state index >= 15 is 0 Å². The molecule has 0 saturated heterocycles. The van der Waals surface area contributed by atoms with Crippen LogP contribution in [0.1, 0.15) is 68.0 Å². The Labute approximate surface area is 346 Å². The Morgan fingerprint density at radius 3 is 1.98 bits per heavy atom. The van der Waals surface area contributed by atoms with Crippen molar-refractivity contribution in [1.82, 2.24) is 0 Å². The largest absolute Gasteiger partial charge is 0.456 e. The maximum atomic E-state index is 6.59. The number of fused-ring (bicyclic) bond motifs is 6. The summed E-state index contributed by atoms with van der Waals surface area (Å²) in [6, 6.07) is 51.7. The Balaban J connectivity index is 1.05. The van der Waals surface area contributed by atoms with E-state index in [0.717, 1.165) is 28.6 Å². The van der Waals surface area contributed by atoms with Crippen molar-refractivity contribution in [3.63, 3.8) is 0 Å². The molecule has 0 radical (unpaired) electrons. The van der Waals surface area contributed by atoms with Gasteiger partial charge in [0, 0.05) is 59.2 Å². The fourth-order valence-electron chi connectivity index (χ4n) is 9.40. The van der Waals surface area contributed by atoms with Gasteiger partial charge in [-0.2, -0.15) is 0 Å². The van der Waals surface area contributed by atoms with Crippen molar-refractivity contribution in [1.29, 1.82) is 0 Å². The molecule has 8 aromatic rings. The van der Waals surface area contributed by atoms with Gasteiger partial charge in [-0.3, -0.25) is 0 Å². The van der Waals surface area contributed by atoms with Crippen LogP contribution in [0.5, 0.6) is 11.5 Å². The van der Waals surface area contributed by atoms with Crippen molar-refractivity contribution < 1.29 is 4.74 Å². The maximum Gasteiger partial charge on any atom is 0.134 e. The first-order valence-corrected chi connectivity index (χ1v) is 21.1. The van der Waals surface area contributed by atoms with Crippen molar-refractivity contribution in [3.05, 3.63) is 191 Å². The van der Waals surface area contributed by atoms with Gasteiger partial charge in [-0.15, -0.1) is 11.3 Å². The third kappa shape index (κ3) is 5.44. The number of rotatable bonds is 6. The zero-order chi connectivity index (χ0) is 40.1. The average molecular weight is 770 g/mol. The lowest BCUT2D eigenvalue weighted by Gasteiger charge is -2.36. The Morgan fingerprint density at radius 1 is 0.569 bits per heavy atom. The second kappa shape index (κ2) is 13.2. The monoisotopic (exact) mass is 769 g/mol. The molecule has 1 aliphatic heterocycles. The van der Waals surface area contributed by atoms with E-state index in [1.165, 1.54) is 87.0 Å². The summed E-state index contributed by atoms with van der Waals surface area (Å²) in [5.74, 6) is 1.94. The predicted molar refractivity (Wildman–Crippen MR) is 249 cm³/mol. The van der Waals surface area contributed by atoms with Gasteiger partial charge >= 0.3 is 0 Å². The van der Waals surface area contributed by atoms with Gasteiger partial charge in [0.25, 0.3) is 0 Å². The summed E-state index contributed by atoms with van der Waals surface area (Å²) >= 11 is 1.88.